The predicted octanol–water partition coefficient (Wildman–Crippen LogP) is 1.84. The summed E-state index contributed by atoms with van der Waals surface area (Å²) in [6, 6.07) is 11.7. The molecule has 2 unspecified atom stereocenters. The molecule has 2 heterocycles. The lowest BCUT2D eigenvalue weighted by Crippen LogP contribution is -2.45. The van der Waals surface area contributed by atoms with Gasteiger partial charge in [0.1, 0.15) is 5.76 Å². The van der Waals surface area contributed by atoms with Crippen LogP contribution in [0.2, 0.25) is 0 Å². The van der Waals surface area contributed by atoms with E-state index in [1.54, 1.807) is 0 Å². The van der Waals surface area contributed by atoms with Crippen molar-refractivity contribution in [2.75, 3.05) is 13.1 Å². The first-order valence-corrected chi connectivity index (χ1v) is 7.80. The van der Waals surface area contributed by atoms with Gasteiger partial charge in [0.2, 0.25) is 0 Å². The zero-order valence-corrected chi connectivity index (χ0v) is 12.8. The molecule has 0 aliphatic carbocycles. The lowest BCUT2D eigenvalue weighted by Gasteiger charge is -2.38. The normalized spacial score (nSPS) is 22.1. The van der Waals surface area contributed by atoms with Crippen LogP contribution in [0.3, 0.4) is 0 Å². The molecule has 1 aliphatic rings. The summed E-state index contributed by atoms with van der Waals surface area (Å²) in [5, 5.41) is 11.5. The summed E-state index contributed by atoms with van der Waals surface area (Å²) < 4.78 is 5.25. The minimum Gasteiger partial charge on any atom is -0.480 e. The Morgan fingerprint density at radius 1 is 1.35 bits per heavy atom. The zero-order chi connectivity index (χ0) is 16.2. The SMILES string of the molecule is O=C(O)CN1CCC(c2cc(=O)[nH]o2)CC1Cc1ccccc1. The fraction of sp³-hybridized carbons (Fsp3) is 0.412. The highest BCUT2D eigenvalue weighted by Crippen LogP contribution is 2.32. The second kappa shape index (κ2) is 6.83. The lowest BCUT2D eigenvalue weighted by atomic mass is 9.86. The van der Waals surface area contributed by atoms with Gasteiger partial charge in [-0.3, -0.25) is 14.5 Å². The molecule has 0 saturated carbocycles. The van der Waals surface area contributed by atoms with Crippen molar-refractivity contribution < 1.29 is 14.4 Å². The molecule has 1 aromatic carbocycles. The molecule has 6 heteroatoms. The maximum atomic E-state index is 11.3. The van der Waals surface area contributed by atoms with Crippen molar-refractivity contribution in [1.29, 1.82) is 0 Å². The summed E-state index contributed by atoms with van der Waals surface area (Å²) in [7, 11) is 0. The average molecular weight is 316 g/mol. The second-order valence-electron chi connectivity index (χ2n) is 6.04. The van der Waals surface area contributed by atoms with E-state index in [0.717, 1.165) is 19.3 Å². The number of aliphatic carboxylic acids is 1. The van der Waals surface area contributed by atoms with Crippen LogP contribution in [0.5, 0.6) is 0 Å². The average Bonchev–Trinajstić information content (AvgIpc) is 2.96. The molecule has 2 aromatic rings. The number of hydrogen-bond donors (Lipinski definition) is 2. The van der Waals surface area contributed by atoms with Crippen LogP contribution in [-0.2, 0) is 11.2 Å². The molecule has 1 aromatic heterocycles. The summed E-state index contributed by atoms with van der Waals surface area (Å²) in [5.74, 6) is 0.00503. The van der Waals surface area contributed by atoms with Crippen molar-refractivity contribution in [2.24, 2.45) is 0 Å². The van der Waals surface area contributed by atoms with Crippen LogP contribution in [0.1, 0.15) is 30.1 Å². The van der Waals surface area contributed by atoms with E-state index in [0.29, 0.717) is 12.3 Å². The van der Waals surface area contributed by atoms with Crippen LogP contribution in [0.4, 0.5) is 0 Å². The van der Waals surface area contributed by atoms with Crippen LogP contribution < -0.4 is 5.56 Å². The molecule has 23 heavy (non-hydrogen) atoms. The number of H-pyrrole nitrogens is 1. The van der Waals surface area contributed by atoms with Crippen molar-refractivity contribution in [3.05, 3.63) is 58.1 Å². The summed E-state index contributed by atoms with van der Waals surface area (Å²) in [4.78, 5) is 24.4. The molecule has 0 radical (unpaired) electrons. The molecule has 3 rings (SSSR count). The number of carboxylic acid groups (broad SMARTS) is 1. The maximum Gasteiger partial charge on any atom is 0.317 e. The quantitative estimate of drug-likeness (QED) is 0.879. The number of rotatable bonds is 5. The summed E-state index contributed by atoms with van der Waals surface area (Å²) in [5.41, 5.74) is 0.955. The van der Waals surface area contributed by atoms with E-state index in [-0.39, 0.29) is 24.1 Å². The van der Waals surface area contributed by atoms with Gasteiger partial charge in [-0.2, -0.15) is 5.16 Å². The third kappa shape index (κ3) is 3.90. The Morgan fingerprint density at radius 2 is 2.13 bits per heavy atom. The summed E-state index contributed by atoms with van der Waals surface area (Å²) in [6.45, 7) is 0.727. The second-order valence-corrected chi connectivity index (χ2v) is 6.04. The molecular weight excluding hydrogens is 296 g/mol. The van der Waals surface area contributed by atoms with Crippen LogP contribution in [0.15, 0.2) is 45.7 Å². The molecule has 1 fully saturated rings. The molecule has 0 amide bonds. The maximum absolute atomic E-state index is 11.3. The van der Waals surface area contributed by atoms with E-state index in [1.165, 1.54) is 11.6 Å². The Balaban J connectivity index is 1.76. The predicted molar refractivity (Wildman–Crippen MR) is 84.4 cm³/mol. The Bertz CT molecular complexity index is 707. The molecule has 6 nitrogen and oxygen atoms in total. The minimum absolute atomic E-state index is 0.0430. The van der Waals surface area contributed by atoms with Gasteiger partial charge in [-0.15, -0.1) is 0 Å². The highest BCUT2D eigenvalue weighted by atomic mass is 16.5. The van der Waals surface area contributed by atoms with Crippen molar-refractivity contribution in [3.8, 4) is 0 Å². The number of likely N-dealkylation sites (tertiary alicyclic amines) is 1. The van der Waals surface area contributed by atoms with E-state index >= 15 is 0 Å². The molecule has 1 aliphatic heterocycles. The molecule has 0 bridgehead atoms. The van der Waals surface area contributed by atoms with Crippen LogP contribution in [0.25, 0.3) is 0 Å². The van der Waals surface area contributed by atoms with Crippen molar-refractivity contribution in [2.45, 2.75) is 31.2 Å². The van der Waals surface area contributed by atoms with Gasteiger partial charge in [0.05, 0.1) is 6.54 Å². The van der Waals surface area contributed by atoms with Crippen LogP contribution in [0, 0.1) is 0 Å². The number of carboxylic acids is 1. The smallest absolute Gasteiger partial charge is 0.317 e. The van der Waals surface area contributed by atoms with E-state index < -0.39 is 5.97 Å². The topological polar surface area (TPSA) is 86.5 Å². The monoisotopic (exact) mass is 316 g/mol. The Morgan fingerprint density at radius 3 is 2.78 bits per heavy atom. The molecule has 122 valence electrons. The Kier molecular flexibility index (Phi) is 4.62. The molecule has 2 atom stereocenters. The van der Waals surface area contributed by atoms with Gasteiger partial charge >= 0.3 is 5.97 Å². The zero-order valence-electron chi connectivity index (χ0n) is 12.8. The van der Waals surface area contributed by atoms with Crippen molar-refractivity contribution in [1.82, 2.24) is 10.1 Å². The van der Waals surface area contributed by atoms with E-state index in [2.05, 4.69) is 17.3 Å². The summed E-state index contributed by atoms with van der Waals surface area (Å²) in [6.07, 6.45) is 2.36. The van der Waals surface area contributed by atoms with Gasteiger partial charge in [0, 0.05) is 18.0 Å². The fourth-order valence-electron chi connectivity index (χ4n) is 3.34. The van der Waals surface area contributed by atoms with Gasteiger partial charge < -0.3 is 9.63 Å². The van der Waals surface area contributed by atoms with Crippen LogP contribution in [-0.4, -0.2) is 40.3 Å². The number of aromatic nitrogens is 1. The molecule has 0 spiro atoms. The van der Waals surface area contributed by atoms with Gasteiger partial charge in [-0.25, -0.2) is 0 Å². The highest BCUT2D eigenvalue weighted by Gasteiger charge is 2.32. The van der Waals surface area contributed by atoms with Crippen molar-refractivity contribution >= 4 is 5.97 Å². The number of nitrogens with zero attached hydrogens (tertiary/aromatic N) is 1. The standard InChI is InChI=1S/C17H20N2O4/c20-16-10-15(23-18-16)13-6-7-19(11-17(21)22)14(9-13)8-12-4-2-1-3-5-12/h1-5,10,13-14H,6-9,11H2,(H,18,20)(H,21,22). The Labute approximate surface area is 133 Å². The number of nitrogens with one attached hydrogen (secondary N) is 1. The molecule has 1 saturated heterocycles. The van der Waals surface area contributed by atoms with Crippen molar-refractivity contribution in [3.63, 3.8) is 0 Å². The van der Waals surface area contributed by atoms with Crippen LogP contribution >= 0.6 is 0 Å². The number of piperidine rings is 1. The summed E-state index contributed by atoms with van der Waals surface area (Å²) >= 11 is 0. The van der Waals surface area contributed by atoms with Gasteiger partial charge in [0.15, 0.2) is 0 Å². The Hall–Kier alpha value is -2.34. The first-order chi connectivity index (χ1) is 11.1. The number of aromatic amines is 1. The van der Waals surface area contributed by atoms with Gasteiger partial charge in [0.25, 0.3) is 5.56 Å². The number of benzene rings is 1. The van der Waals surface area contributed by atoms with Gasteiger partial charge in [-0.05, 0) is 31.4 Å². The third-order valence-corrected chi connectivity index (χ3v) is 4.44. The van der Waals surface area contributed by atoms with E-state index in [1.807, 2.05) is 23.1 Å². The highest BCUT2D eigenvalue weighted by molar-refractivity contribution is 5.69. The third-order valence-electron chi connectivity index (χ3n) is 4.44. The largest absolute Gasteiger partial charge is 0.480 e. The minimum atomic E-state index is -0.810. The first kappa shape index (κ1) is 15.6. The number of hydrogen-bond acceptors (Lipinski definition) is 4. The molecular formula is C17H20N2O4. The fourth-order valence-corrected chi connectivity index (χ4v) is 3.34. The molecule has 2 N–H and O–H groups in total. The van der Waals surface area contributed by atoms with Gasteiger partial charge in [-0.1, -0.05) is 30.3 Å². The van der Waals surface area contributed by atoms with E-state index in [9.17, 15) is 9.59 Å². The first-order valence-electron chi connectivity index (χ1n) is 7.80. The number of carbonyl (C=O) groups is 1. The van der Waals surface area contributed by atoms with E-state index in [4.69, 9.17) is 9.63 Å². The lowest BCUT2D eigenvalue weighted by molar-refractivity contribution is -0.139.